The number of methoxy groups -OCH3 is 1. The molecule has 3 aromatic rings. The number of carbonyl (C=O) groups excluding carboxylic acids is 2. The molecule has 0 aromatic heterocycles. The topological polar surface area (TPSA) is 118 Å². The Labute approximate surface area is 240 Å². The van der Waals surface area contributed by atoms with Crippen LogP contribution in [0.1, 0.15) is 35.4 Å². The van der Waals surface area contributed by atoms with Crippen molar-refractivity contribution in [2.75, 3.05) is 24.4 Å². The molecule has 0 unspecified atom stereocenters. The molecule has 0 spiro atoms. The van der Waals surface area contributed by atoms with Crippen LogP contribution in [0.4, 0.5) is 29.3 Å². The molecule has 2 heterocycles. The van der Waals surface area contributed by atoms with Crippen LogP contribution in [0, 0.1) is 0 Å². The van der Waals surface area contributed by atoms with E-state index in [0.29, 0.717) is 30.2 Å². The first-order valence-corrected chi connectivity index (χ1v) is 13.4. The number of urea groups is 1. The third-order valence-electron chi connectivity index (χ3n) is 7.31. The minimum absolute atomic E-state index is 0.0810. The highest BCUT2D eigenvalue weighted by atomic mass is 19.4. The van der Waals surface area contributed by atoms with Crippen molar-refractivity contribution < 1.29 is 42.1 Å². The first-order chi connectivity index (χ1) is 20.1. The lowest BCUT2D eigenvalue weighted by Crippen LogP contribution is -2.47. The summed E-state index contributed by atoms with van der Waals surface area (Å²) in [5, 5.41) is 18.1. The molecule has 2 aliphatic rings. The number of ether oxygens (including phenoxy) is 3. The van der Waals surface area contributed by atoms with Gasteiger partial charge in [-0.15, -0.1) is 0 Å². The third kappa shape index (κ3) is 6.60. The molecule has 4 N–H and O–H groups in total. The Bertz CT molecular complexity index is 1430. The minimum atomic E-state index is -4.47. The van der Waals surface area contributed by atoms with Gasteiger partial charge in [0.25, 0.3) is 0 Å². The normalized spacial score (nSPS) is 21.0. The number of fused-ring (bicyclic) bond motifs is 3. The van der Waals surface area contributed by atoms with Crippen LogP contribution >= 0.6 is 0 Å². The summed E-state index contributed by atoms with van der Waals surface area (Å²) in [5.41, 5.74) is 1.47. The van der Waals surface area contributed by atoms with Crippen molar-refractivity contribution in [1.29, 1.82) is 0 Å². The first-order valence-electron chi connectivity index (χ1n) is 13.4. The molecule has 4 atom stereocenters. The number of carbonyl (C=O) groups is 2. The van der Waals surface area contributed by atoms with Crippen LogP contribution in [-0.2, 0) is 22.3 Å². The largest absolute Gasteiger partial charge is 0.496 e. The Morgan fingerprint density at radius 3 is 2.45 bits per heavy atom. The van der Waals surface area contributed by atoms with Gasteiger partial charge in [-0.2, -0.15) is 13.2 Å². The van der Waals surface area contributed by atoms with Gasteiger partial charge in [0, 0.05) is 35.0 Å². The summed E-state index contributed by atoms with van der Waals surface area (Å²) < 4.78 is 55.8. The zero-order chi connectivity index (χ0) is 29.9. The molecule has 0 aliphatic carbocycles. The number of aliphatic hydroxyl groups excluding tert-OH is 1. The molecule has 3 amide bonds. The maximum Gasteiger partial charge on any atom is 0.416 e. The molecule has 0 bridgehead atoms. The molecular formula is C30H30F3N3O6. The zero-order valence-electron chi connectivity index (χ0n) is 22.6. The first kappa shape index (κ1) is 29.2. The summed E-state index contributed by atoms with van der Waals surface area (Å²) >= 11 is 0. The number of benzene rings is 3. The Hall–Kier alpha value is -4.29. The fourth-order valence-electron chi connectivity index (χ4n) is 5.32. The Balaban J connectivity index is 1.22. The number of hydrogen-bond acceptors (Lipinski definition) is 6. The highest BCUT2D eigenvalue weighted by Gasteiger charge is 2.46. The van der Waals surface area contributed by atoms with E-state index in [1.165, 1.54) is 12.1 Å². The van der Waals surface area contributed by atoms with Crippen molar-refractivity contribution in [3.05, 3.63) is 83.4 Å². The molecular weight excluding hydrogens is 555 g/mol. The van der Waals surface area contributed by atoms with E-state index in [0.717, 1.165) is 23.3 Å². The summed E-state index contributed by atoms with van der Waals surface area (Å²) in [6.45, 7) is -0.00428. The number of alkyl halides is 3. The van der Waals surface area contributed by atoms with Crippen molar-refractivity contribution in [3.63, 3.8) is 0 Å². The van der Waals surface area contributed by atoms with Gasteiger partial charge in [-0.25, -0.2) is 4.79 Å². The summed E-state index contributed by atoms with van der Waals surface area (Å²) in [7, 11) is 1.57. The van der Waals surface area contributed by atoms with Crippen LogP contribution in [0.5, 0.6) is 11.5 Å². The lowest BCUT2D eigenvalue weighted by molar-refractivity contribution is -0.142. The third-order valence-corrected chi connectivity index (χ3v) is 7.31. The van der Waals surface area contributed by atoms with Crippen molar-refractivity contribution >= 4 is 23.3 Å². The fourth-order valence-corrected chi connectivity index (χ4v) is 5.32. The van der Waals surface area contributed by atoms with E-state index in [-0.39, 0.29) is 30.5 Å². The Morgan fingerprint density at radius 1 is 1.02 bits per heavy atom. The van der Waals surface area contributed by atoms with Gasteiger partial charge in [0.05, 0.1) is 31.8 Å². The standard InChI is InChI=1S/C30H30F3N3O6/c1-40-24-5-3-2-4-17(24)15-34-27(38)14-21-13-23-22-12-20(10-11-25(22)42-28(23)26(16-37)41-21)36-29(39)35-19-8-6-18(7-9-19)30(31,32)33/h2-12,21,23,26,28,37H,13-16H2,1H3,(H,34,38)(H2,35,36,39)/t21-,23+,26-,28-/m0/s1. The number of hydrogen-bond donors (Lipinski definition) is 4. The molecule has 222 valence electrons. The van der Waals surface area contributed by atoms with Gasteiger partial charge in [0.2, 0.25) is 5.91 Å². The molecule has 2 aliphatic heterocycles. The Kier molecular flexibility index (Phi) is 8.55. The number of amides is 3. The van der Waals surface area contributed by atoms with Crippen LogP contribution in [-0.4, -0.2) is 49.1 Å². The Morgan fingerprint density at radius 2 is 1.74 bits per heavy atom. The average Bonchev–Trinajstić information content (AvgIpc) is 3.33. The van der Waals surface area contributed by atoms with E-state index in [1.54, 1.807) is 25.3 Å². The maximum atomic E-state index is 12.8. The highest BCUT2D eigenvalue weighted by molar-refractivity contribution is 5.99. The summed E-state index contributed by atoms with van der Waals surface area (Å²) in [5.74, 6) is 0.849. The van der Waals surface area contributed by atoms with Gasteiger partial charge in [-0.3, -0.25) is 4.79 Å². The van der Waals surface area contributed by atoms with Crippen LogP contribution in [0.25, 0.3) is 0 Å². The molecule has 5 rings (SSSR count). The second-order valence-electron chi connectivity index (χ2n) is 10.1. The van der Waals surface area contributed by atoms with E-state index < -0.39 is 36.1 Å². The molecule has 42 heavy (non-hydrogen) atoms. The molecule has 9 nitrogen and oxygen atoms in total. The van der Waals surface area contributed by atoms with Gasteiger partial charge in [-0.05, 0) is 55.0 Å². The smallest absolute Gasteiger partial charge is 0.416 e. The average molecular weight is 586 g/mol. The highest BCUT2D eigenvalue weighted by Crippen LogP contribution is 2.47. The van der Waals surface area contributed by atoms with E-state index in [2.05, 4.69) is 16.0 Å². The monoisotopic (exact) mass is 585 g/mol. The van der Waals surface area contributed by atoms with Crippen molar-refractivity contribution in [2.45, 2.75) is 49.8 Å². The zero-order valence-corrected chi connectivity index (χ0v) is 22.6. The number of para-hydroxylation sites is 1. The number of halogens is 3. The lowest BCUT2D eigenvalue weighted by atomic mass is 9.84. The van der Waals surface area contributed by atoms with Gasteiger partial charge >= 0.3 is 12.2 Å². The van der Waals surface area contributed by atoms with Crippen LogP contribution < -0.4 is 25.4 Å². The second-order valence-corrected chi connectivity index (χ2v) is 10.1. The minimum Gasteiger partial charge on any atom is -0.496 e. The summed E-state index contributed by atoms with van der Waals surface area (Å²) in [4.78, 5) is 25.3. The summed E-state index contributed by atoms with van der Waals surface area (Å²) in [6, 6.07) is 16.0. The van der Waals surface area contributed by atoms with Gasteiger partial charge in [0.1, 0.15) is 23.7 Å². The van der Waals surface area contributed by atoms with E-state index >= 15 is 0 Å². The number of anilines is 2. The van der Waals surface area contributed by atoms with E-state index in [4.69, 9.17) is 14.2 Å². The van der Waals surface area contributed by atoms with Crippen LogP contribution in [0.2, 0.25) is 0 Å². The van der Waals surface area contributed by atoms with Crippen molar-refractivity contribution in [1.82, 2.24) is 5.32 Å². The van der Waals surface area contributed by atoms with E-state index in [9.17, 15) is 27.9 Å². The molecule has 1 saturated heterocycles. The fraction of sp³-hybridized carbons (Fsp3) is 0.333. The lowest BCUT2D eigenvalue weighted by Gasteiger charge is -2.37. The van der Waals surface area contributed by atoms with Crippen LogP contribution in [0.15, 0.2) is 66.7 Å². The predicted octanol–water partition coefficient (Wildman–Crippen LogP) is 5.06. The molecule has 0 saturated carbocycles. The quantitative estimate of drug-likeness (QED) is 0.294. The van der Waals surface area contributed by atoms with E-state index in [1.807, 2.05) is 24.3 Å². The van der Waals surface area contributed by atoms with Crippen LogP contribution in [0.3, 0.4) is 0 Å². The summed E-state index contributed by atoms with van der Waals surface area (Å²) in [6.07, 6.45) is -5.52. The molecule has 0 radical (unpaired) electrons. The van der Waals surface area contributed by atoms with Gasteiger partial charge < -0.3 is 35.3 Å². The van der Waals surface area contributed by atoms with Crippen molar-refractivity contribution in [3.8, 4) is 11.5 Å². The number of aliphatic hydroxyl groups is 1. The van der Waals surface area contributed by atoms with Gasteiger partial charge in [-0.1, -0.05) is 18.2 Å². The number of nitrogens with one attached hydrogen (secondary N) is 3. The SMILES string of the molecule is COc1ccccc1CNC(=O)C[C@@H]1C[C@@H]2c3cc(NC(=O)Nc4ccc(C(F)(F)F)cc4)ccc3O[C@@H]2[C@H](CO)O1. The molecule has 12 heteroatoms. The molecule has 3 aromatic carbocycles. The predicted molar refractivity (Wildman–Crippen MR) is 148 cm³/mol. The maximum absolute atomic E-state index is 12.8. The second kappa shape index (κ2) is 12.3. The van der Waals surface area contributed by atoms with Crippen molar-refractivity contribution in [2.24, 2.45) is 0 Å². The van der Waals surface area contributed by atoms with Gasteiger partial charge in [0.15, 0.2) is 0 Å². The number of rotatable bonds is 8. The molecule has 1 fully saturated rings.